The Morgan fingerprint density at radius 2 is 1.85 bits per heavy atom. The number of hydrogen-bond donors (Lipinski definition) is 0. The van der Waals surface area contributed by atoms with Crippen molar-refractivity contribution in [1.29, 1.82) is 0 Å². The minimum atomic E-state index is 0.246. The summed E-state index contributed by atoms with van der Waals surface area (Å²) in [6.45, 7) is 6.62. The second-order valence-corrected chi connectivity index (χ2v) is 5.29. The van der Waals surface area contributed by atoms with E-state index in [-0.39, 0.29) is 12.2 Å². The van der Waals surface area contributed by atoms with E-state index in [0.717, 1.165) is 18.7 Å². The summed E-state index contributed by atoms with van der Waals surface area (Å²) in [5.41, 5.74) is 0.988. The summed E-state index contributed by atoms with van der Waals surface area (Å²) in [6, 6.07) is 9.90. The molecule has 0 amide bonds. The van der Waals surface area contributed by atoms with E-state index in [2.05, 4.69) is 34.2 Å². The van der Waals surface area contributed by atoms with E-state index < -0.39 is 0 Å². The molecule has 1 aromatic carbocycles. The molecule has 1 saturated heterocycles. The van der Waals surface area contributed by atoms with E-state index in [4.69, 9.17) is 4.74 Å². The van der Waals surface area contributed by atoms with Crippen LogP contribution >= 0.6 is 0 Å². The maximum atomic E-state index is 5.72. The third-order valence-corrected chi connectivity index (χ3v) is 3.31. The van der Waals surface area contributed by atoms with Crippen LogP contribution in [0.3, 0.4) is 0 Å². The molecule has 106 valence electrons. The van der Waals surface area contributed by atoms with E-state index in [0.29, 0.717) is 12.5 Å². The molecule has 0 spiro atoms. The highest BCUT2D eigenvalue weighted by molar-refractivity contribution is 5.52. The highest BCUT2D eigenvalue weighted by atomic mass is 16.5. The van der Waals surface area contributed by atoms with E-state index >= 15 is 0 Å². The molecule has 3 rings (SSSR count). The topological polar surface area (TPSA) is 56.1 Å². The number of tetrazole rings is 1. The molecule has 1 aliphatic heterocycles. The van der Waals surface area contributed by atoms with Crippen molar-refractivity contribution in [3.8, 4) is 11.4 Å². The molecule has 6 nitrogen and oxygen atoms in total. The van der Waals surface area contributed by atoms with Crippen LogP contribution < -0.4 is 0 Å². The number of morpholine rings is 1. The van der Waals surface area contributed by atoms with Gasteiger partial charge in [-0.05, 0) is 19.1 Å². The van der Waals surface area contributed by atoms with Gasteiger partial charge in [0.25, 0.3) is 0 Å². The Labute approximate surface area is 118 Å². The van der Waals surface area contributed by atoms with Crippen molar-refractivity contribution in [2.24, 2.45) is 0 Å². The van der Waals surface area contributed by atoms with Crippen LogP contribution in [-0.4, -0.2) is 50.4 Å². The van der Waals surface area contributed by atoms with Crippen LogP contribution in [0.15, 0.2) is 30.3 Å². The molecule has 2 heterocycles. The Kier molecular flexibility index (Phi) is 3.75. The smallest absolute Gasteiger partial charge is 0.204 e. The van der Waals surface area contributed by atoms with Crippen molar-refractivity contribution in [2.75, 3.05) is 13.1 Å². The molecule has 20 heavy (non-hydrogen) atoms. The molecule has 2 aromatic rings. The fraction of sp³-hybridized carbons (Fsp3) is 0.500. The molecule has 0 radical (unpaired) electrons. The highest BCUT2D eigenvalue weighted by Crippen LogP contribution is 2.13. The summed E-state index contributed by atoms with van der Waals surface area (Å²) in [7, 11) is 0. The normalized spacial score (nSPS) is 23.9. The average Bonchev–Trinajstić information content (AvgIpc) is 2.87. The van der Waals surface area contributed by atoms with Gasteiger partial charge in [-0.2, -0.15) is 0 Å². The number of hydrogen-bond acceptors (Lipinski definition) is 5. The first-order chi connectivity index (χ1) is 9.70. The van der Waals surface area contributed by atoms with Gasteiger partial charge in [0.1, 0.15) is 6.67 Å². The summed E-state index contributed by atoms with van der Waals surface area (Å²) in [4.78, 5) is 3.93. The van der Waals surface area contributed by atoms with Gasteiger partial charge in [-0.3, -0.25) is 4.90 Å². The summed E-state index contributed by atoms with van der Waals surface area (Å²) < 4.78 is 5.72. The Balaban J connectivity index is 1.68. The zero-order valence-corrected chi connectivity index (χ0v) is 11.8. The molecular weight excluding hydrogens is 254 g/mol. The standard InChI is InChI=1S/C14H19N5O/c1-11-8-18(9-12(2)20-11)10-19-16-14(15-17-19)13-6-4-3-5-7-13/h3-7,11-12H,8-10H2,1-2H3/t11-,12+. The zero-order chi connectivity index (χ0) is 13.9. The fourth-order valence-electron chi connectivity index (χ4n) is 2.58. The lowest BCUT2D eigenvalue weighted by atomic mass is 10.2. The Hall–Kier alpha value is -1.79. The van der Waals surface area contributed by atoms with E-state index in [1.165, 1.54) is 0 Å². The Bertz CT molecular complexity index is 546. The molecule has 0 N–H and O–H groups in total. The zero-order valence-electron chi connectivity index (χ0n) is 11.8. The maximum absolute atomic E-state index is 5.72. The second kappa shape index (κ2) is 5.68. The van der Waals surface area contributed by atoms with Crippen molar-refractivity contribution in [3.63, 3.8) is 0 Å². The van der Waals surface area contributed by atoms with Crippen molar-refractivity contribution < 1.29 is 4.74 Å². The van der Waals surface area contributed by atoms with Gasteiger partial charge in [0, 0.05) is 18.7 Å². The average molecular weight is 273 g/mol. The van der Waals surface area contributed by atoms with Crippen LogP contribution in [0.2, 0.25) is 0 Å². The molecule has 1 aliphatic rings. The third kappa shape index (κ3) is 3.02. The number of aromatic nitrogens is 4. The van der Waals surface area contributed by atoms with Gasteiger partial charge in [0.2, 0.25) is 5.82 Å². The molecule has 0 saturated carbocycles. The van der Waals surface area contributed by atoms with Crippen LogP contribution in [0.1, 0.15) is 13.8 Å². The summed E-state index contributed by atoms with van der Waals surface area (Å²) in [6.07, 6.45) is 0.492. The van der Waals surface area contributed by atoms with Crippen LogP contribution in [0.4, 0.5) is 0 Å². The monoisotopic (exact) mass is 273 g/mol. The predicted molar refractivity (Wildman–Crippen MR) is 74.8 cm³/mol. The van der Waals surface area contributed by atoms with Crippen molar-refractivity contribution in [1.82, 2.24) is 25.1 Å². The first-order valence-corrected chi connectivity index (χ1v) is 6.92. The third-order valence-electron chi connectivity index (χ3n) is 3.31. The van der Waals surface area contributed by atoms with Gasteiger partial charge >= 0.3 is 0 Å². The number of rotatable bonds is 3. The molecule has 0 aliphatic carbocycles. The van der Waals surface area contributed by atoms with Crippen LogP contribution in [0.5, 0.6) is 0 Å². The summed E-state index contributed by atoms with van der Waals surface area (Å²) >= 11 is 0. The lowest BCUT2D eigenvalue weighted by molar-refractivity contribution is -0.0788. The molecule has 0 bridgehead atoms. The molecular formula is C14H19N5O. The minimum Gasteiger partial charge on any atom is -0.373 e. The lowest BCUT2D eigenvalue weighted by Gasteiger charge is -2.34. The molecule has 0 unspecified atom stereocenters. The van der Waals surface area contributed by atoms with Crippen molar-refractivity contribution >= 4 is 0 Å². The number of nitrogens with zero attached hydrogens (tertiary/aromatic N) is 5. The first kappa shape index (κ1) is 13.2. The van der Waals surface area contributed by atoms with Gasteiger partial charge in [0.15, 0.2) is 0 Å². The van der Waals surface area contributed by atoms with E-state index in [1.54, 1.807) is 4.80 Å². The van der Waals surface area contributed by atoms with Crippen molar-refractivity contribution in [3.05, 3.63) is 30.3 Å². The largest absolute Gasteiger partial charge is 0.373 e. The van der Waals surface area contributed by atoms with Gasteiger partial charge in [-0.15, -0.1) is 15.0 Å². The van der Waals surface area contributed by atoms with Crippen LogP contribution in [0, 0.1) is 0 Å². The summed E-state index contributed by atoms with van der Waals surface area (Å²) in [5, 5.41) is 12.7. The SMILES string of the molecule is C[C@@H]1CN(Cn2nnc(-c3ccccc3)n2)C[C@H](C)O1. The Morgan fingerprint density at radius 3 is 2.55 bits per heavy atom. The Morgan fingerprint density at radius 1 is 1.15 bits per heavy atom. The van der Waals surface area contributed by atoms with Gasteiger partial charge < -0.3 is 4.74 Å². The van der Waals surface area contributed by atoms with Crippen LogP contribution in [0.25, 0.3) is 11.4 Å². The molecule has 1 aromatic heterocycles. The second-order valence-electron chi connectivity index (χ2n) is 5.29. The van der Waals surface area contributed by atoms with E-state index in [9.17, 15) is 0 Å². The minimum absolute atomic E-state index is 0.246. The predicted octanol–water partition coefficient (Wildman–Crippen LogP) is 1.41. The quantitative estimate of drug-likeness (QED) is 0.846. The molecule has 6 heteroatoms. The first-order valence-electron chi connectivity index (χ1n) is 6.92. The van der Waals surface area contributed by atoms with Gasteiger partial charge in [-0.1, -0.05) is 30.3 Å². The van der Waals surface area contributed by atoms with Gasteiger partial charge in [-0.25, -0.2) is 0 Å². The van der Waals surface area contributed by atoms with Gasteiger partial charge in [0.05, 0.1) is 12.2 Å². The van der Waals surface area contributed by atoms with E-state index in [1.807, 2.05) is 30.3 Å². The molecule has 2 atom stereocenters. The highest BCUT2D eigenvalue weighted by Gasteiger charge is 2.22. The number of ether oxygens (including phenoxy) is 1. The van der Waals surface area contributed by atoms with Crippen LogP contribution in [-0.2, 0) is 11.4 Å². The lowest BCUT2D eigenvalue weighted by Crippen LogP contribution is -2.46. The number of benzene rings is 1. The summed E-state index contributed by atoms with van der Waals surface area (Å²) in [5.74, 6) is 0.667. The van der Waals surface area contributed by atoms with Crippen molar-refractivity contribution in [2.45, 2.75) is 32.7 Å². The maximum Gasteiger partial charge on any atom is 0.204 e. The molecule has 1 fully saturated rings. The fourth-order valence-corrected chi connectivity index (χ4v) is 2.58.